The number of amides is 1. The largest absolute Gasteiger partial charge is 0.494 e. The Hall–Kier alpha value is -5.14. The van der Waals surface area contributed by atoms with Gasteiger partial charge in [0.1, 0.15) is 23.3 Å². The minimum Gasteiger partial charge on any atom is -0.494 e. The van der Waals surface area contributed by atoms with Crippen molar-refractivity contribution < 1.29 is 9.53 Å². The number of rotatable bonds is 11. The van der Waals surface area contributed by atoms with Crippen molar-refractivity contribution in [1.82, 2.24) is 43.5 Å². The van der Waals surface area contributed by atoms with E-state index in [0.717, 1.165) is 122 Å². The van der Waals surface area contributed by atoms with Crippen LogP contribution < -0.4 is 9.64 Å². The highest BCUT2D eigenvalue weighted by Gasteiger charge is 2.42. The third kappa shape index (κ3) is 7.30. The fourth-order valence-corrected chi connectivity index (χ4v) is 9.93. The van der Waals surface area contributed by atoms with Crippen molar-refractivity contribution in [2.75, 3.05) is 51.3 Å². The van der Waals surface area contributed by atoms with Crippen LogP contribution in [0.4, 0.5) is 5.69 Å². The standard InChI is InChI=1S/C47H54Cl2N10O2/c1-28-23-34(24-29(2)42(28)48)61-22-10-13-36-35-11-9-12-37(41-30(3)51-55(8)31(41)4)43(35)58-32(5)45(49)59(47(60)44(36)58)40-26-57(21-20-56-18-16-53(6)17-19-56)39-15-14-33(25-38(39)40)46-50-27-54(7)52-46/h9,11-12,14-15,23-27,32,45H,10,13,16-22H2,1-8H3/t32?,45-/m0/s1. The number of likely N-dealkylation sites (N-methyl/N-ethyl adjacent to an activating group) is 1. The second-order valence-electron chi connectivity index (χ2n) is 17.0. The first kappa shape index (κ1) is 41.2. The number of hydrogen-bond acceptors (Lipinski definition) is 7. The summed E-state index contributed by atoms with van der Waals surface area (Å²) in [5.41, 5.74) is 10.7. The first-order chi connectivity index (χ1) is 29.3. The van der Waals surface area contributed by atoms with Gasteiger partial charge < -0.3 is 18.8 Å². The first-order valence-corrected chi connectivity index (χ1v) is 22.1. The lowest BCUT2D eigenvalue weighted by atomic mass is 9.98. The Kier molecular flexibility index (Phi) is 11.0. The van der Waals surface area contributed by atoms with Gasteiger partial charge in [-0.3, -0.25) is 24.0 Å². The summed E-state index contributed by atoms with van der Waals surface area (Å²) in [5, 5.41) is 12.1. The van der Waals surface area contributed by atoms with E-state index in [1.54, 1.807) is 11.0 Å². The van der Waals surface area contributed by atoms with Gasteiger partial charge in [-0.25, -0.2) is 4.98 Å². The van der Waals surface area contributed by atoms with Crippen LogP contribution in [0, 0.1) is 27.7 Å². The average molecular weight is 862 g/mol. The summed E-state index contributed by atoms with van der Waals surface area (Å²) >= 11 is 14.1. The number of nitrogens with zero attached hydrogens (tertiary/aromatic N) is 10. The number of ether oxygens (including phenoxy) is 1. The number of hydrogen-bond donors (Lipinski definition) is 0. The second kappa shape index (κ2) is 16.3. The zero-order valence-electron chi connectivity index (χ0n) is 36.3. The van der Waals surface area contributed by atoms with Crippen LogP contribution in [0.25, 0.3) is 44.3 Å². The average Bonchev–Trinajstić information content (AvgIpc) is 3.99. The molecule has 0 spiro atoms. The van der Waals surface area contributed by atoms with Crippen molar-refractivity contribution in [3.63, 3.8) is 0 Å². The summed E-state index contributed by atoms with van der Waals surface area (Å²) in [6.07, 6.45) is 5.16. The van der Waals surface area contributed by atoms with Crippen LogP contribution in [0.2, 0.25) is 5.02 Å². The van der Waals surface area contributed by atoms with Gasteiger partial charge in [-0.05, 0) is 102 Å². The number of piperazine rings is 1. The van der Waals surface area contributed by atoms with Gasteiger partial charge in [-0.2, -0.15) is 10.2 Å². The van der Waals surface area contributed by atoms with Crippen LogP contribution >= 0.6 is 23.2 Å². The molecule has 14 heteroatoms. The molecule has 1 amide bonds. The van der Waals surface area contributed by atoms with Crippen LogP contribution in [0.5, 0.6) is 5.75 Å². The molecule has 0 saturated carbocycles. The summed E-state index contributed by atoms with van der Waals surface area (Å²) in [5.74, 6) is 1.29. The van der Waals surface area contributed by atoms with Crippen molar-refractivity contribution in [3.8, 4) is 28.3 Å². The van der Waals surface area contributed by atoms with E-state index in [4.69, 9.17) is 33.0 Å². The van der Waals surface area contributed by atoms with E-state index in [2.05, 4.69) is 99.4 Å². The Balaban J connectivity index is 1.16. The highest BCUT2D eigenvalue weighted by molar-refractivity contribution is 6.32. The van der Waals surface area contributed by atoms with Gasteiger partial charge in [0.25, 0.3) is 5.91 Å². The number of anilines is 1. The van der Waals surface area contributed by atoms with E-state index in [9.17, 15) is 0 Å². The molecule has 2 atom stereocenters. The SMILES string of the molecule is Cc1cc(OCCCc2c3n(c4c(-c5c(C)nn(C)c5C)cccc24)C(C)[C@@H](Cl)N(c2cn(CCN4CCN(C)CC4)c4ccc(-c5ncn(C)n5)cc24)C3=O)cc(C)c1Cl. The van der Waals surface area contributed by atoms with Gasteiger partial charge in [-0.15, -0.1) is 0 Å². The van der Waals surface area contributed by atoms with E-state index < -0.39 is 5.50 Å². The molecular weight excluding hydrogens is 807 g/mol. The van der Waals surface area contributed by atoms with Crippen LogP contribution in [-0.2, 0) is 27.1 Å². The Morgan fingerprint density at radius 3 is 2.34 bits per heavy atom. The Morgan fingerprint density at radius 2 is 1.66 bits per heavy atom. The maximum absolute atomic E-state index is 15.7. The third-order valence-electron chi connectivity index (χ3n) is 12.9. The molecule has 61 heavy (non-hydrogen) atoms. The van der Waals surface area contributed by atoms with Gasteiger partial charge in [-0.1, -0.05) is 41.4 Å². The molecule has 0 radical (unpaired) electrons. The molecule has 1 saturated heterocycles. The van der Waals surface area contributed by atoms with Gasteiger partial charge in [0.2, 0.25) is 0 Å². The predicted molar refractivity (Wildman–Crippen MR) is 245 cm³/mol. The Morgan fingerprint density at radius 1 is 0.902 bits per heavy atom. The van der Waals surface area contributed by atoms with Crippen molar-refractivity contribution >= 4 is 56.6 Å². The zero-order valence-corrected chi connectivity index (χ0v) is 37.8. The number of alkyl halides is 1. The molecule has 6 heterocycles. The molecule has 7 aromatic rings. The number of aryl methyl sites for hydroxylation is 6. The van der Waals surface area contributed by atoms with E-state index in [1.807, 2.05) is 49.7 Å². The van der Waals surface area contributed by atoms with Crippen molar-refractivity contribution in [1.29, 1.82) is 0 Å². The molecule has 4 aromatic heterocycles. The molecule has 2 aliphatic rings. The van der Waals surface area contributed by atoms with Crippen molar-refractivity contribution in [3.05, 3.63) is 99.8 Å². The van der Waals surface area contributed by atoms with Crippen LogP contribution in [-0.4, -0.2) is 101 Å². The maximum Gasteiger partial charge on any atom is 0.276 e. The molecule has 1 fully saturated rings. The normalized spacial score (nSPS) is 17.6. The molecular formula is C47H54Cl2N10O2. The van der Waals surface area contributed by atoms with E-state index in [0.29, 0.717) is 31.0 Å². The van der Waals surface area contributed by atoms with E-state index in [-0.39, 0.29) is 11.9 Å². The zero-order chi connectivity index (χ0) is 42.9. The third-order valence-corrected chi connectivity index (χ3v) is 14.0. The number of aromatic nitrogens is 7. The van der Waals surface area contributed by atoms with Gasteiger partial charge in [0.15, 0.2) is 5.82 Å². The van der Waals surface area contributed by atoms with Crippen LogP contribution in [0.15, 0.2) is 61.1 Å². The summed E-state index contributed by atoms with van der Waals surface area (Å²) in [4.78, 5) is 27.0. The lowest BCUT2D eigenvalue weighted by Gasteiger charge is -2.38. The van der Waals surface area contributed by atoms with E-state index in [1.165, 1.54) is 0 Å². The molecule has 12 nitrogen and oxygen atoms in total. The van der Waals surface area contributed by atoms with E-state index >= 15 is 4.79 Å². The molecule has 318 valence electrons. The second-order valence-corrected chi connectivity index (χ2v) is 17.8. The Bertz CT molecular complexity index is 2780. The smallest absolute Gasteiger partial charge is 0.276 e. The minimum absolute atomic E-state index is 0.126. The lowest BCUT2D eigenvalue weighted by molar-refractivity contribution is 0.0951. The number of carbonyl (C=O) groups excluding carboxylic acids is 1. The topological polar surface area (TPSA) is 94.4 Å². The highest BCUT2D eigenvalue weighted by atomic mass is 35.5. The number of benzene rings is 3. The monoisotopic (exact) mass is 860 g/mol. The summed E-state index contributed by atoms with van der Waals surface area (Å²) < 4.78 is 14.5. The summed E-state index contributed by atoms with van der Waals surface area (Å²) in [6, 6.07) is 16.4. The Labute approximate surface area is 367 Å². The lowest BCUT2D eigenvalue weighted by Crippen LogP contribution is -2.47. The molecule has 1 unspecified atom stereocenters. The maximum atomic E-state index is 15.7. The van der Waals surface area contributed by atoms with Gasteiger partial charge in [0, 0.05) is 97.7 Å². The fraction of sp³-hybridized carbons (Fsp3) is 0.404. The van der Waals surface area contributed by atoms with Crippen LogP contribution in [0.3, 0.4) is 0 Å². The quantitative estimate of drug-likeness (QED) is 0.0730. The molecule has 0 N–H and O–H groups in total. The molecule has 3 aromatic carbocycles. The predicted octanol–water partition coefficient (Wildman–Crippen LogP) is 8.72. The number of halogens is 2. The van der Waals surface area contributed by atoms with Gasteiger partial charge >= 0.3 is 0 Å². The molecule has 0 bridgehead atoms. The van der Waals surface area contributed by atoms with Gasteiger partial charge in [0.05, 0.1) is 35.1 Å². The summed E-state index contributed by atoms with van der Waals surface area (Å²) in [6.45, 7) is 16.6. The molecule has 2 aliphatic heterocycles. The molecule has 9 rings (SSSR count). The number of fused-ring (bicyclic) bond motifs is 4. The summed E-state index contributed by atoms with van der Waals surface area (Å²) in [7, 11) is 6.02. The van der Waals surface area contributed by atoms with Crippen molar-refractivity contribution in [2.45, 2.75) is 65.5 Å². The number of para-hydroxylation sites is 1. The van der Waals surface area contributed by atoms with Crippen LogP contribution in [0.1, 0.15) is 58.0 Å². The molecule has 0 aliphatic carbocycles. The fourth-order valence-electron chi connectivity index (χ4n) is 9.51. The first-order valence-electron chi connectivity index (χ1n) is 21.2. The minimum atomic E-state index is -0.694. The number of carbonyl (C=O) groups is 1. The highest BCUT2D eigenvalue weighted by Crippen LogP contribution is 2.46. The van der Waals surface area contributed by atoms with Crippen molar-refractivity contribution in [2.24, 2.45) is 14.1 Å².